The highest BCUT2D eigenvalue weighted by Crippen LogP contribution is 2.22. The van der Waals surface area contributed by atoms with Crippen molar-refractivity contribution in [3.63, 3.8) is 0 Å². The van der Waals surface area contributed by atoms with Crippen LogP contribution < -0.4 is 5.32 Å². The van der Waals surface area contributed by atoms with Gasteiger partial charge < -0.3 is 20.1 Å². The van der Waals surface area contributed by atoms with Gasteiger partial charge in [-0.2, -0.15) is 0 Å². The number of esters is 1. The molecule has 0 bridgehead atoms. The molecule has 0 saturated carbocycles. The highest BCUT2D eigenvalue weighted by Gasteiger charge is 2.32. The summed E-state index contributed by atoms with van der Waals surface area (Å²) in [7, 11) is 1.29. The number of carboxylic acids is 1. The fourth-order valence-corrected chi connectivity index (χ4v) is 2.17. The van der Waals surface area contributed by atoms with Gasteiger partial charge in [-0.15, -0.1) is 0 Å². The van der Waals surface area contributed by atoms with Crippen LogP contribution in [-0.2, 0) is 14.3 Å². The van der Waals surface area contributed by atoms with E-state index in [1.807, 2.05) is 6.92 Å². The molecule has 0 radical (unpaired) electrons. The fraction of sp³-hybridized carbons (Fsp3) is 0.750. The number of urea groups is 1. The first-order valence-electron chi connectivity index (χ1n) is 6.29. The van der Waals surface area contributed by atoms with E-state index in [1.165, 1.54) is 7.11 Å². The van der Waals surface area contributed by atoms with E-state index in [-0.39, 0.29) is 36.9 Å². The van der Waals surface area contributed by atoms with Gasteiger partial charge in [0.1, 0.15) is 0 Å². The van der Waals surface area contributed by atoms with Gasteiger partial charge in [0.2, 0.25) is 0 Å². The number of likely N-dealkylation sites (tertiary alicyclic amines) is 1. The summed E-state index contributed by atoms with van der Waals surface area (Å²) in [5, 5.41) is 11.6. The van der Waals surface area contributed by atoms with Crippen molar-refractivity contribution >= 4 is 18.0 Å². The second kappa shape index (κ2) is 6.96. The van der Waals surface area contributed by atoms with E-state index < -0.39 is 5.97 Å². The molecular weight excluding hydrogens is 252 g/mol. The molecule has 2 atom stereocenters. The van der Waals surface area contributed by atoms with Gasteiger partial charge in [0.15, 0.2) is 0 Å². The van der Waals surface area contributed by atoms with Crippen molar-refractivity contribution in [1.29, 1.82) is 0 Å². The lowest BCUT2D eigenvalue weighted by molar-refractivity contribution is -0.144. The predicted molar refractivity (Wildman–Crippen MR) is 66.6 cm³/mol. The summed E-state index contributed by atoms with van der Waals surface area (Å²) in [6, 6.07) is -0.381. The Kier molecular flexibility index (Phi) is 5.59. The SMILES string of the molecule is COC(=O)CCNC(=O)N1CCC(C(=O)O)CC1C. The molecular formula is C12H20N2O5. The Morgan fingerprint density at radius 1 is 1.42 bits per heavy atom. The minimum atomic E-state index is -0.808. The average Bonchev–Trinajstić information content (AvgIpc) is 2.37. The monoisotopic (exact) mass is 272 g/mol. The normalized spacial score (nSPS) is 22.7. The molecule has 0 aromatic rings. The van der Waals surface area contributed by atoms with E-state index in [0.29, 0.717) is 19.4 Å². The van der Waals surface area contributed by atoms with Gasteiger partial charge >= 0.3 is 18.0 Å². The second-order valence-electron chi connectivity index (χ2n) is 4.66. The Labute approximate surface area is 111 Å². The Bertz CT molecular complexity index is 358. The highest BCUT2D eigenvalue weighted by atomic mass is 16.5. The molecule has 1 rings (SSSR count). The van der Waals surface area contributed by atoms with Gasteiger partial charge in [0, 0.05) is 19.1 Å². The topological polar surface area (TPSA) is 95.9 Å². The van der Waals surface area contributed by atoms with E-state index in [1.54, 1.807) is 4.90 Å². The lowest BCUT2D eigenvalue weighted by atomic mass is 9.92. The molecule has 1 fully saturated rings. The maximum absolute atomic E-state index is 11.9. The zero-order valence-electron chi connectivity index (χ0n) is 11.2. The number of rotatable bonds is 4. The van der Waals surface area contributed by atoms with Crippen molar-refractivity contribution in [1.82, 2.24) is 10.2 Å². The number of methoxy groups -OCH3 is 1. The summed E-state index contributed by atoms with van der Waals surface area (Å²) < 4.78 is 4.47. The van der Waals surface area contributed by atoms with Crippen LogP contribution in [-0.4, -0.2) is 54.2 Å². The summed E-state index contributed by atoms with van der Waals surface area (Å²) in [6.45, 7) is 2.47. The minimum Gasteiger partial charge on any atom is -0.481 e. The van der Waals surface area contributed by atoms with Gasteiger partial charge in [-0.3, -0.25) is 9.59 Å². The number of carbonyl (C=O) groups excluding carboxylic acids is 2. The maximum Gasteiger partial charge on any atom is 0.317 e. The van der Waals surface area contributed by atoms with E-state index in [4.69, 9.17) is 5.11 Å². The zero-order valence-corrected chi connectivity index (χ0v) is 11.2. The largest absolute Gasteiger partial charge is 0.481 e. The summed E-state index contributed by atoms with van der Waals surface area (Å²) in [4.78, 5) is 35.3. The number of amides is 2. The number of piperidine rings is 1. The van der Waals surface area contributed by atoms with E-state index in [2.05, 4.69) is 10.1 Å². The van der Waals surface area contributed by atoms with E-state index in [0.717, 1.165) is 0 Å². The van der Waals surface area contributed by atoms with Crippen LogP contribution in [0.15, 0.2) is 0 Å². The number of hydrogen-bond acceptors (Lipinski definition) is 4. The summed E-state index contributed by atoms with van der Waals surface area (Å²) >= 11 is 0. The Hall–Kier alpha value is -1.79. The molecule has 0 aromatic carbocycles. The summed E-state index contributed by atoms with van der Waals surface area (Å²) in [6.07, 6.45) is 1.05. The van der Waals surface area contributed by atoms with Crippen molar-refractivity contribution in [3.05, 3.63) is 0 Å². The average molecular weight is 272 g/mol. The van der Waals surface area contributed by atoms with Crippen LogP contribution in [0.3, 0.4) is 0 Å². The number of carbonyl (C=O) groups is 3. The third kappa shape index (κ3) is 4.42. The molecule has 1 aliphatic heterocycles. The van der Waals surface area contributed by atoms with Gasteiger partial charge in [-0.1, -0.05) is 0 Å². The van der Waals surface area contributed by atoms with E-state index in [9.17, 15) is 14.4 Å². The quantitative estimate of drug-likeness (QED) is 0.724. The molecule has 19 heavy (non-hydrogen) atoms. The second-order valence-corrected chi connectivity index (χ2v) is 4.66. The van der Waals surface area contributed by atoms with Crippen LogP contribution in [0.25, 0.3) is 0 Å². The number of nitrogens with zero attached hydrogens (tertiary/aromatic N) is 1. The van der Waals surface area contributed by atoms with Crippen molar-refractivity contribution in [2.24, 2.45) is 5.92 Å². The Morgan fingerprint density at radius 3 is 2.63 bits per heavy atom. The zero-order chi connectivity index (χ0) is 14.4. The molecule has 1 heterocycles. The molecule has 1 saturated heterocycles. The minimum absolute atomic E-state index is 0.118. The fourth-order valence-electron chi connectivity index (χ4n) is 2.17. The molecule has 7 heteroatoms. The van der Waals surface area contributed by atoms with Crippen LogP contribution in [0.4, 0.5) is 4.79 Å². The smallest absolute Gasteiger partial charge is 0.317 e. The van der Waals surface area contributed by atoms with Gasteiger partial charge in [0.25, 0.3) is 0 Å². The molecule has 2 amide bonds. The van der Waals surface area contributed by atoms with Crippen LogP contribution in [0.5, 0.6) is 0 Å². The molecule has 0 spiro atoms. The summed E-state index contributed by atoms with van der Waals surface area (Å²) in [5.74, 6) is -1.57. The lowest BCUT2D eigenvalue weighted by Gasteiger charge is -2.36. The maximum atomic E-state index is 11.9. The van der Waals surface area contributed by atoms with Crippen LogP contribution in [0.1, 0.15) is 26.2 Å². The highest BCUT2D eigenvalue weighted by molar-refractivity contribution is 5.76. The number of hydrogen-bond donors (Lipinski definition) is 2. The van der Waals surface area contributed by atoms with Crippen LogP contribution in [0, 0.1) is 5.92 Å². The van der Waals surface area contributed by atoms with Gasteiger partial charge in [-0.05, 0) is 19.8 Å². The molecule has 7 nitrogen and oxygen atoms in total. The molecule has 0 aliphatic carbocycles. The first kappa shape index (κ1) is 15.3. The Morgan fingerprint density at radius 2 is 2.11 bits per heavy atom. The molecule has 2 N–H and O–H groups in total. The third-order valence-electron chi connectivity index (χ3n) is 3.32. The first-order chi connectivity index (χ1) is 8.95. The number of aliphatic carboxylic acids is 1. The third-order valence-corrected chi connectivity index (χ3v) is 3.32. The number of carboxylic acid groups (broad SMARTS) is 1. The lowest BCUT2D eigenvalue weighted by Crippen LogP contribution is -2.50. The molecule has 108 valence electrons. The van der Waals surface area contributed by atoms with Crippen molar-refractivity contribution in [2.45, 2.75) is 32.2 Å². The molecule has 1 aliphatic rings. The van der Waals surface area contributed by atoms with Crippen molar-refractivity contribution < 1.29 is 24.2 Å². The summed E-state index contributed by atoms with van der Waals surface area (Å²) in [5.41, 5.74) is 0. The van der Waals surface area contributed by atoms with Crippen molar-refractivity contribution in [3.8, 4) is 0 Å². The predicted octanol–water partition coefficient (Wildman–Crippen LogP) is 0.444. The molecule has 2 unspecified atom stereocenters. The van der Waals surface area contributed by atoms with Gasteiger partial charge in [-0.25, -0.2) is 4.79 Å². The first-order valence-corrected chi connectivity index (χ1v) is 6.29. The standard InChI is InChI=1S/C12H20N2O5/c1-8-7-9(11(16)17)4-6-14(8)12(18)13-5-3-10(15)19-2/h8-9H,3-7H2,1-2H3,(H,13,18)(H,16,17). The van der Waals surface area contributed by atoms with Gasteiger partial charge in [0.05, 0.1) is 19.4 Å². The van der Waals surface area contributed by atoms with Crippen LogP contribution in [0.2, 0.25) is 0 Å². The molecule has 0 aromatic heterocycles. The van der Waals surface area contributed by atoms with Crippen molar-refractivity contribution in [2.75, 3.05) is 20.2 Å². The van der Waals surface area contributed by atoms with E-state index >= 15 is 0 Å². The van der Waals surface area contributed by atoms with Crippen LogP contribution >= 0.6 is 0 Å². The Balaban J connectivity index is 2.37. The number of nitrogens with one attached hydrogen (secondary N) is 1. The number of ether oxygens (including phenoxy) is 1.